The molecular weight excluding hydrogens is 276 g/mol. The monoisotopic (exact) mass is 310 g/mol. The predicted molar refractivity (Wildman–Crippen MR) is 102 cm³/mol. The Labute approximate surface area is 143 Å². The normalized spacial score (nSPS) is 28.5. The van der Waals surface area contributed by atoms with Gasteiger partial charge >= 0.3 is 0 Å². The van der Waals surface area contributed by atoms with Crippen LogP contribution in [0.15, 0.2) is 18.2 Å². The molecule has 0 heterocycles. The molecule has 1 atom stereocenters. The van der Waals surface area contributed by atoms with Crippen LogP contribution in [0.4, 0.5) is 0 Å². The molecule has 0 saturated heterocycles. The average molecular weight is 311 g/mol. The summed E-state index contributed by atoms with van der Waals surface area (Å²) in [6.45, 7) is 9.53. The summed E-state index contributed by atoms with van der Waals surface area (Å²) in [5.74, 6) is 2.62. The second-order valence-electron chi connectivity index (χ2n) is 8.23. The first kappa shape index (κ1) is 16.8. The molecule has 2 aliphatic carbocycles. The molecule has 1 aromatic rings. The lowest BCUT2D eigenvalue weighted by Gasteiger charge is -2.29. The molecule has 0 amide bonds. The third-order valence-corrected chi connectivity index (χ3v) is 6.47. The lowest BCUT2D eigenvalue weighted by Crippen LogP contribution is -2.13. The van der Waals surface area contributed by atoms with Crippen molar-refractivity contribution in [2.24, 2.45) is 11.8 Å². The lowest BCUT2D eigenvalue weighted by molar-refractivity contribution is 0.347. The first-order valence-electron chi connectivity index (χ1n) is 9.91. The number of rotatable bonds is 3. The minimum Gasteiger partial charge on any atom is -0.0804 e. The van der Waals surface area contributed by atoms with Crippen LogP contribution >= 0.6 is 0 Å². The molecule has 0 radical (unpaired) electrons. The fourth-order valence-electron chi connectivity index (χ4n) is 4.75. The molecule has 0 bridgehead atoms. The smallest absolute Gasteiger partial charge is 0.0159 e. The topological polar surface area (TPSA) is 0 Å². The van der Waals surface area contributed by atoms with Crippen LogP contribution in [0.2, 0.25) is 0 Å². The van der Waals surface area contributed by atoms with Crippen LogP contribution in [-0.4, -0.2) is 0 Å². The molecule has 126 valence electrons. The second-order valence-corrected chi connectivity index (χ2v) is 8.23. The largest absolute Gasteiger partial charge is 0.0804 e. The van der Waals surface area contributed by atoms with Gasteiger partial charge in [0.05, 0.1) is 0 Å². The number of hydrogen-bond acceptors (Lipinski definition) is 0. The van der Waals surface area contributed by atoms with Crippen molar-refractivity contribution in [1.82, 2.24) is 0 Å². The van der Waals surface area contributed by atoms with Crippen molar-refractivity contribution in [3.63, 3.8) is 0 Å². The van der Waals surface area contributed by atoms with E-state index in [0.717, 1.165) is 17.8 Å². The average Bonchev–Trinajstić information content (AvgIpc) is 2.56. The van der Waals surface area contributed by atoms with Gasteiger partial charge in [-0.3, -0.25) is 0 Å². The van der Waals surface area contributed by atoms with Gasteiger partial charge in [-0.2, -0.15) is 0 Å². The Bertz CT molecular complexity index is 570. The van der Waals surface area contributed by atoms with Gasteiger partial charge in [0.15, 0.2) is 0 Å². The Hall–Kier alpha value is -1.04. The first-order valence-corrected chi connectivity index (χ1v) is 9.91. The van der Waals surface area contributed by atoms with Crippen molar-refractivity contribution in [3.8, 4) is 0 Å². The van der Waals surface area contributed by atoms with Gasteiger partial charge in [0, 0.05) is 0 Å². The Morgan fingerprint density at radius 1 is 0.957 bits per heavy atom. The standard InChI is InChI=1S/C23H34/c1-5-21-18(4)22(19-10-6-16(2)7-11-19)14-15-23(21)20-12-8-17(3)9-13-20/h12,14-17,19H,5-11,13H2,1-4H3. The van der Waals surface area contributed by atoms with Gasteiger partial charge in [-0.25, -0.2) is 0 Å². The summed E-state index contributed by atoms with van der Waals surface area (Å²) in [7, 11) is 0. The molecule has 0 nitrogen and oxygen atoms in total. The van der Waals surface area contributed by atoms with Gasteiger partial charge in [0.2, 0.25) is 0 Å². The third-order valence-electron chi connectivity index (χ3n) is 6.47. The summed E-state index contributed by atoms with van der Waals surface area (Å²) in [5.41, 5.74) is 8.06. The Kier molecular flexibility index (Phi) is 5.29. The maximum Gasteiger partial charge on any atom is -0.0159 e. The van der Waals surface area contributed by atoms with Gasteiger partial charge in [-0.05, 0) is 91.0 Å². The Balaban J connectivity index is 1.90. The second kappa shape index (κ2) is 7.24. The van der Waals surface area contributed by atoms with Crippen LogP contribution in [0.5, 0.6) is 0 Å². The molecule has 1 fully saturated rings. The van der Waals surface area contributed by atoms with Crippen molar-refractivity contribution < 1.29 is 0 Å². The molecule has 0 aromatic heterocycles. The molecule has 2 aliphatic rings. The van der Waals surface area contributed by atoms with E-state index in [1.165, 1.54) is 51.4 Å². The molecular formula is C23H34. The molecule has 1 aromatic carbocycles. The summed E-state index contributed by atoms with van der Waals surface area (Å²) in [4.78, 5) is 0. The van der Waals surface area contributed by atoms with E-state index in [9.17, 15) is 0 Å². The first-order chi connectivity index (χ1) is 11.1. The highest BCUT2D eigenvalue weighted by Crippen LogP contribution is 2.40. The molecule has 0 N–H and O–H groups in total. The number of allylic oxidation sites excluding steroid dienone is 2. The predicted octanol–water partition coefficient (Wildman–Crippen LogP) is 7.05. The van der Waals surface area contributed by atoms with Crippen molar-refractivity contribution in [3.05, 3.63) is 40.5 Å². The molecule has 0 heteroatoms. The minimum absolute atomic E-state index is 0.811. The van der Waals surface area contributed by atoms with Crippen molar-refractivity contribution >= 4 is 5.57 Å². The maximum atomic E-state index is 2.52. The van der Waals surface area contributed by atoms with Crippen LogP contribution in [0.1, 0.15) is 93.9 Å². The van der Waals surface area contributed by atoms with Crippen molar-refractivity contribution in [1.29, 1.82) is 0 Å². The molecule has 0 aliphatic heterocycles. The van der Waals surface area contributed by atoms with E-state index < -0.39 is 0 Å². The van der Waals surface area contributed by atoms with Gasteiger partial charge < -0.3 is 0 Å². The summed E-state index contributed by atoms with van der Waals surface area (Å²) >= 11 is 0. The maximum absolute atomic E-state index is 2.52. The Morgan fingerprint density at radius 2 is 1.70 bits per heavy atom. The highest BCUT2D eigenvalue weighted by Gasteiger charge is 2.23. The summed E-state index contributed by atoms with van der Waals surface area (Å²) in [6.07, 6.45) is 13.2. The highest BCUT2D eigenvalue weighted by atomic mass is 14.3. The van der Waals surface area contributed by atoms with Crippen molar-refractivity contribution in [2.45, 2.75) is 85.0 Å². The molecule has 1 saturated carbocycles. The van der Waals surface area contributed by atoms with Crippen LogP contribution < -0.4 is 0 Å². The van der Waals surface area contributed by atoms with Gasteiger partial charge in [-0.1, -0.05) is 51.8 Å². The summed E-state index contributed by atoms with van der Waals surface area (Å²) in [6, 6.07) is 4.93. The zero-order chi connectivity index (χ0) is 16.4. The van der Waals surface area contributed by atoms with Gasteiger partial charge in [0.25, 0.3) is 0 Å². The quantitative estimate of drug-likeness (QED) is 0.561. The third kappa shape index (κ3) is 3.57. The van der Waals surface area contributed by atoms with E-state index >= 15 is 0 Å². The number of benzene rings is 1. The van der Waals surface area contributed by atoms with E-state index in [2.05, 4.69) is 45.9 Å². The fraction of sp³-hybridized carbons (Fsp3) is 0.652. The molecule has 0 spiro atoms. The van der Waals surface area contributed by atoms with Crippen LogP contribution in [0.25, 0.3) is 5.57 Å². The lowest BCUT2D eigenvalue weighted by atomic mass is 9.76. The van der Waals surface area contributed by atoms with E-state index in [1.807, 2.05) is 0 Å². The van der Waals surface area contributed by atoms with E-state index in [-0.39, 0.29) is 0 Å². The zero-order valence-electron chi connectivity index (χ0n) is 15.6. The van der Waals surface area contributed by atoms with E-state index in [1.54, 1.807) is 27.8 Å². The van der Waals surface area contributed by atoms with Crippen LogP contribution in [-0.2, 0) is 6.42 Å². The Morgan fingerprint density at radius 3 is 2.30 bits per heavy atom. The molecule has 3 rings (SSSR count). The van der Waals surface area contributed by atoms with Crippen LogP contribution in [0, 0.1) is 18.8 Å². The van der Waals surface area contributed by atoms with E-state index in [4.69, 9.17) is 0 Å². The van der Waals surface area contributed by atoms with Crippen molar-refractivity contribution in [2.75, 3.05) is 0 Å². The van der Waals surface area contributed by atoms with E-state index in [0.29, 0.717) is 0 Å². The SMILES string of the molecule is CCc1c(C2=CCC(C)CC2)ccc(C2CCC(C)CC2)c1C. The highest BCUT2D eigenvalue weighted by molar-refractivity contribution is 5.70. The fourth-order valence-corrected chi connectivity index (χ4v) is 4.75. The van der Waals surface area contributed by atoms with Gasteiger partial charge in [0.1, 0.15) is 0 Å². The van der Waals surface area contributed by atoms with Crippen LogP contribution in [0.3, 0.4) is 0 Å². The molecule has 23 heavy (non-hydrogen) atoms. The summed E-state index contributed by atoms with van der Waals surface area (Å²) < 4.78 is 0. The zero-order valence-corrected chi connectivity index (χ0v) is 15.6. The summed E-state index contributed by atoms with van der Waals surface area (Å²) in [5, 5.41) is 0. The molecule has 1 unspecified atom stereocenters. The number of hydrogen-bond donors (Lipinski definition) is 0. The minimum atomic E-state index is 0.811. The van der Waals surface area contributed by atoms with Gasteiger partial charge in [-0.15, -0.1) is 0 Å².